The lowest BCUT2D eigenvalue weighted by Gasteiger charge is -2.28. The molecular formula is C16H23N5O5. The standard InChI is InChI=1S/C16H23N5O5/c1-3-6-26-10-11(22)9-21-12-13(19(2)16(24)18-14(12)23)17-15(21)20-4-7-25-8-5-20/h3,11,22H,1,4-10H2,2H3,(H,18,23,24)/t11-/m1/s1. The molecule has 3 heterocycles. The number of imidazole rings is 1. The topological polar surface area (TPSA) is 115 Å². The van der Waals surface area contributed by atoms with Gasteiger partial charge < -0.3 is 24.0 Å². The first-order chi connectivity index (χ1) is 12.5. The van der Waals surface area contributed by atoms with Crippen LogP contribution in [0.25, 0.3) is 11.2 Å². The minimum atomic E-state index is -0.844. The zero-order valence-electron chi connectivity index (χ0n) is 14.7. The smallest absolute Gasteiger partial charge is 0.329 e. The Kier molecular flexibility index (Phi) is 5.55. The van der Waals surface area contributed by atoms with E-state index in [1.807, 2.05) is 4.90 Å². The number of morpholine rings is 1. The monoisotopic (exact) mass is 365 g/mol. The predicted octanol–water partition coefficient (Wildman–Crippen LogP) is -1.18. The van der Waals surface area contributed by atoms with E-state index < -0.39 is 17.4 Å². The number of aliphatic hydroxyl groups excluding tert-OH is 1. The Balaban J connectivity index is 2.04. The third-order valence-corrected chi connectivity index (χ3v) is 4.22. The quantitative estimate of drug-likeness (QED) is 0.469. The molecule has 2 N–H and O–H groups in total. The molecule has 1 saturated heterocycles. The van der Waals surface area contributed by atoms with Crippen LogP contribution in [0.4, 0.5) is 5.95 Å². The molecule has 10 heteroatoms. The van der Waals surface area contributed by atoms with Crippen molar-refractivity contribution in [3.05, 3.63) is 33.5 Å². The van der Waals surface area contributed by atoms with E-state index in [9.17, 15) is 14.7 Å². The first-order valence-electron chi connectivity index (χ1n) is 8.42. The molecule has 1 atom stereocenters. The number of H-pyrrole nitrogens is 1. The summed E-state index contributed by atoms with van der Waals surface area (Å²) >= 11 is 0. The van der Waals surface area contributed by atoms with Crippen LogP contribution in [0.2, 0.25) is 0 Å². The third kappa shape index (κ3) is 3.57. The predicted molar refractivity (Wildman–Crippen MR) is 95.6 cm³/mol. The number of aryl methyl sites for hydroxylation is 1. The van der Waals surface area contributed by atoms with Crippen molar-refractivity contribution in [2.75, 3.05) is 44.4 Å². The molecule has 0 aromatic carbocycles. The van der Waals surface area contributed by atoms with Gasteiger partial charge in [0, 0.05) is 20.1 Å². The van der Waals surface area contributed by atoms with Crippen LogP contribution < -0.4 is 16.1 Å². The Hall–Kier alpha value is -2.43. The average molecular weight is 365 g/mol. The van der Waals surface area contributed by atoms with E-state index in [1.54, 1.807) is 17.7 Å². The summed E-state index contributed by atoms with van der Waals surface area (Å²) in [5.74, 6) is 0.526. The maximum absolute atomic E-state index is 12.4. The van der Waals surface area contributed by atoms with Crippen molar-refractivity contribution >= 4 is 17.1 Å². The number of hydrogen-bond donors (Lipinski definition) is 2. The number of aromatic nitrogens is 4. The van der Waals surface area contributed by atoms with E-state index >= 15 is 0 Å². The van der Waals surface area contributed by atoms with Gasteiger partial charge in [-0.25, -0.2) is 4.79 Å². The Morgan fingerprint density at radius 1 is 1.42 bits per heavy atom. The number of hydrogen-bond acceptors (Lipinski definition) is 7. The van der Waals surface area contributed by atoms with Crippen molar-refractivity contribution in [1.82, 2.24) is 19.1 Å². The summed E-state index contributed by atoms with van der Waals surface area (Å²) in [6, 6.07) is 0. The maximum Gasteiger partial charge on any atom is 0.329 e. The maximum atomic E-state index is 12.4. The van der Waals surface area contributed by atoms with Crippen LogP contribution >= 0.6 is 0 Å². The van der Waals surface area contributed by atoms with Crippen molar-refractivity contribution in [2.45, 2.75) is 12.6 Å². The summed E-state index contributed by atoms with van der Waals surface area (Å²) in [5, 5.41) is 10.3. The molecule has 0 radical (unpaired) electrons. The second-order valence-corrected chi connectivity index (χ2v) is 6.09. The molecule has 2 aromatic rings. The van der Waals surface area contributed by atoms with Gasteiger partial charge in [-0.1, -0.05) is 6.08 Å². The van der Waals surface area contributed by atoms with E-state index in [0.717, 1.165) is 0 Å². The average Bonchev–Trinajstić information content (AvgIpc) is 3.00. The molecule has 142 valence electrons. The Labute approximate surface area is 149 Å². The van der Waals surface area contributed by atoms with E-state index in [1.165, 1.54) is 4.57 Å². The second kappa shape index (κ2) is 7.85. The summed E-state index contributed by atoms with van der Waals surface area (Å²) < 4.78 is 13.6. The van der Waals surface area contributed by atoms with Gasteiger partial charge in [0.05, 0.1) is 39.1 Å². The summed E-state index contributed by atoms with van der Waals surface area (Å²) in [5.41, 5.74) is -0.541. The number of nitrogens with one attached hydrogen (secondary N) is 1. The van der Waals surface area contributed by atoms with Gasteiger partial charge in [0.1, 0.15) is 0 Å². The van der Waals surface area contributed by atoms with Gasteiger partial charge in [0.2, 0.25) is 5.95 Å². The summed E-state index contributed by atoms with van der Waals surface area (Å²) in [4.78, 5) is 33.1. The number of aliphatic hydroxyl groups is 1. The molecule has 1 aliphatic rings. The summed E-state index contributed by atoms with van der Waals surface area (Å²) in [6.45, 7) is 6.40. The number of rotatable bonds is 7. The van der Waals surface area contributed by atoms with Crippen molar-refractivity contribution in [2.24, 2.45) is 7.05 Å². The highest BCUT2D eigenvalue weighted by Gasteiger charge is 2.24. The fraction of sp³-hybridized carbons (Fsp3) is 0.562. The van der Waals surface area contributed by atoms with Crippen molar-refractivity contribution in [3.8, 4) is 0 Å². The van der Waals surface area contributed by atoms with Crippen LogP contribution in [0, 0.1) is 0 Å². The van der Waals surface area contributed by atoms with Crippen molar-refractivity contribution in [3.63, 3.8) is 0 Å². The van der Waals surface area contributed by atoms with Gasteiger partial charge in [-0.2, -0.15) is 4.98 Å². The van der Waals surface area contributed by atoms with E-state index in [0.29, 0.717) is 38.9 Å². The summed E-state index contributed by atoms with van der Waals surface area (Å²) in [7, 11) is 1.55. The number of ether oxygens (including phenoxy) is 2. The molecule has 26 heavy (non-hydrogen) atoms. The van der Waals surface area contributed by atoms with Gasteiger partial charge >= 0.3 is 5.69 Å². The zero-order valence-corrected chi connectivity index (χ0v) is 14.7. The fourth-order valence-electron chi connectivity index (χ4n) is 2.95. The van der Waals surface area contributed by atoms with E-state index in [-0.39, 0.29) is 24.3 Å². The second-order valence-electron chi connectivity index (χ2n) is 6.09. The molecule has 0 spiro atoms. The van der Waals surface area contributed by atoms with Crippen LogP contribution in [0.3, 0.4) is 0 Å². The SMILES string of the molecule is C=CCOC[C@H](O)Cn1c(N2CCOCC2)nc2c1c(=O)[nH]c(=O)n2C. The lowest BCUT2D eigenvalue weighted by molar-refractivity contribution is 0.0402. The lowest BCUT2D eigenvalue weighted by Crippen LogP contribution is -2.38. The van der Waals surface area contributed by atoms with Crippen molar-refractivity contribution < 1.29 is 14.6 Å². The van der Waals surface area contributed by atoms with Gasteiger partial charge in [-0.3, -0.25) is 14.3 Å². The zero-order chi connectivity index (χ0) is 18.7. The molecule has 0 bridgehead atoms. The number of anilines is 1. The Morgan fingerprint density at radius 2 is 2.15 bits per heavy atom. The molecule has 2 aromatic heterocycles. The minimum absolute atomic E-state index is 0.0952. The Bertz CT molecular complexity index is 893. The first-order valence-corrected chi connectivity index (χ1v) is 8.42. The number of aromatic amines is 1. The van der Waals surface area contributed by atoms with Gasteiger partial charge in [-0.15, -0.1) is 6.58 Å². The molecule has 3 rings (SSSR count). The van der Waals surface area contributed by atoms with Crippen LogP contribution in [-0.2, 0) is 23.1 Å². The van der Waals surface area contributed by atoms with Gasteiger partial charge in [0.15, 0.2) is 11.2 Å². The number of fused-ring (bicyclic) bond motifs is 1. The first kappa shape index (κ1) is 18.4. The van der Waals surface area contributed by atoms with Crippen LogP contribution in [0.15, 0.2) is 22.2 Å². The number of nitrogens with zero attached hydrogens (tertiary/aromatic N) is 4. The molecule has 10 nitrogen and oxygen atoms in total. The highest BCUT2D eigenvalue weighted by atomic mass is 16.5. The van der Waals surface area contributed by atoms with E-state index in [2.05, 4.69) is 16.5 Å². The molecule has 1 aliphatic heterocycles. The van der Waals surface area contributed by atoms with Crippen LogP contribution in [0.5, 0.6) is 0 Å². The minimum Gasteiger partial charge on any atom is -0.389 e. The van der Waals surface area contributed by atoms with E-state index in [4.69, 9.17) is 9.47 Å². The fourth-order valence-corrected chi connectivity index (χ4v) is 2.95. The molecule has 1 fully saturated rings. The van der Waals surface area contributed by atoms with Crippen LogP contribution in [0.1, 0.15) is 0 Å². The molecule has 0 saturated carbocycles. The van der Waals surface area contributed by atoms with Crippen molar-refractivity contribution in [1.29, 1.82) is 0 Å². The van der Waals surface area contributed by atoms with Gasteiger partial charge in [0.25, 0.3) is 5.56 Å². The molecule has 0 amide bonds. The molecular weight excluding hydrogens is 342 g/mol. The highest BCUT2D eigenvalue weighted by Crippen LogP contribution is 2.21. The lowest BCUT2D eigenvalue weighted by atomic mass is 10.3. The third-order valence-electron chi connectivity index (χ3n) is 4.22. The Morgan fingerprint density at radius 3 is 2.85 bits per heavy atom. The largest absolute Gasteiger partial charge is 0.389 e. The van der Waals surface area contributed by atoms with Gasteiger partial charge in [-0.05, 0) is 0 Å². The van der Waals surface area contributed by atoms with Crippen LogP contribution in [-0.4, -0.2) is 69.8 Å². The molecule has 0 unspecified atom stereocenters. The normalized spacial score (nSPS) is 16.2. The summed E-state index contributed by atoms with van der Waals surface area (Å²) in [6.07, 6.45) is 0.752. The highest BCUT2D eigenvalue weighted by molar-refractivity contribution is 5.74. The molecule has 0 aliphatic carbocycles.